The first-order chi connectivity index (χ1) is 9.99. The van der Waals surface area contributed by atoms with Crippen molar-refractivity contribution in [2.45, 2.75) is 26.4 Å². The molecule has 0 spiro atoms. The van der Waals surface area contributed by atoms with Crippen molar-refractivity contribution in [3.8, 4) is 0 Å². The van der Waals surface area contributed by atoms with Crippen LogP contribution in [0.3, 0.4) is 0 Å². The average molecular weight is 358 g/mol. The van der Waals surface area contributed by atoms with Crippen LogP contribution in [0, 0.1) is 5.41 Å². The van der Waals surface area contributed by atoms with Crippen molar-refractivity contribution < 1.29 is 32.8 Å². The molecular formula is C11H22N2O7S2. The summed E-state index contributed by atoms with van der Waals surface area (Å²) in [5.41, 5.74) is -0.987. The quantitative estimate of drug-likeness (QED) is 0.180. The lowest BCUT2D eigenvalue weighted by Gasteiger charge is -2.27. The van der Waals surface area contributed by atoms with Gasteiger partial charge in [0.25, 0.3) is 0 Å². The van der Waals surface area contributed by atoms with E-state index < -0.39 is 32.5 Å². The van der Waals surface area contributed by atoms with Gasteiger partial charge in [-0.05, 0) is 10.8 Å². The van der Waals surface area contributed by atoms with E-state index in [1.54, 1.807) is 0 Å². The van der Waals surface area contributed by atoms with E-state index in [4.69, 9.17) is 9.66 Å². The molecule has 0 fully saturated rings. The number of nitrogens with one attached hydrogen (secondary N) is 2. The van der Waals surface area contributed by atoms with Crippen LogP contribution in [-0.2, 0) is 18.7 Å². The summed E-state index contributed by atoms with van der Waals surface area (Å²) >= 11 is 0. The fraction of sp³-hybridized carbons (Fsp3) is 0.818. The van der Waals surface area contributed by atoms with Crippen molar-refractivity contribution in [2.24, 2.45) is 5.41 Å². The van der Waals surface area contributed by atoms with E-state index in [-0.39, 0.29) is 31.9 Å². The summed E-state index contributed by atoms with van der Waals surface area (Å²) in [5, 5.41) is 23.5. The third-order valence-corrected chi connectivity index (χ3v) is 4.77. The second-order valence-corrected chi connectivity index (χ2v) is 8.66. The highest BCUT2D eigenvalue weighted by atomic mass is 33.1. The average Bonchev–Trinajstić information content (AvgIpc) is 2.41. The molecule has 11 heteroatoms. The number of amides is 2. The number of carbonyl (C=O) groups excluding carboxylic acids is 2. The molecule has 0 aliphatic rings. The van der Waals surface area contributed by atoms with E-state index in [1.807, 2.05) is 0 Å². The SMILES string of the molecule is CC(C)(CO)[C@@H](O)C(=O)NCCC(=O)NCCSS(=O)(=O)O. The molecule has 0 saturated carbocycles. The van der Waals surface area contributed by atoms with Gasteiger partial charge in [0.1, 0.15) is 6.10 Å². The summed E-state index contributed by atoms with van der Waals surface area (Å²) in [6, 6.07) is 0. The second kappa shape index (κ2) is 9.30. The lowest BCUT2D eigenvalue weighted by Crippen LogP contribution is -2.46. The molecule has 0 unspecified atom stereocenters. The van der Waals surface area contributed by atoms with E-state index in [0.717, 1.165) is 0 Å². The molecule has 1 atom stereocenters. The molecule has 2 amide bonds. The normalized spacial score (nSPS) is 13.5. The predicted octanol–water partition coefficient (Wildman–Crippen LogP) is -1.48. The van der Waals surface area contributed by atoms with Crippen molar-refractivity contribution in [1.29, 1.82) is 0 Å². The Labute approximate surface area is 133 Å². The minimum Gasteiger partial charge on any atom is -0.396 e. The Morgan fingerprint density at radius 3 is 2.32 bits per heavy atom. The van der Waals surface area contributed by atoms with E-state index in [9.17, 15) is 23.1 Å². The molecule has 0 aromatic rings. The molecule has 0 radical (unpaired) electrons. The van der Waals surface area contributed by atoms with Crippen molar-refractivity contribution in [3.63, 3.8) is 0 Å². The number of aliphatic hydroxyl groups excluding tert-OH is 2. The summed E-state index contributed by atoms with van der Waals surface area (Å²) in [7, 11) is -3.82. The Morgan fingerprint density at radius 2 is 1.82 bits per heavy atom. The Kier molecular flexibility index (Phi) is 8.93. The first-order valence-electron chi connectivity index (χ1n) is 6.45. The zero-order chi connectivity index (χ0) is 17.4. The van der Waals surface area contributed by atoms with Crippen molar-refractivity contribution >= 4 is 31.8 Å². The molecule has 0 bridgehead atoms. The zero-order valence-electron chi connectivity index (χ0n) is 12.4. The Bertz CT molecular complexity index is 479. The van der Waals surface area contributed by atoms with Gasteiger partial charge in [0.15, 0.2) is 0 Å². The zero-order valence-corrected chi connectivity index (χ0v) is 14.0. The molecule has 0 aliphatic heterocycles. The maximum absolute atomic E-state index is 11.6. The fourth-order valence-electron chi connectivity index (χ4n) is 1.26. The van der Waals surface area contributed by atoms with Crippen LogP contribution in [0.1, 0.15) is 20.3 Å². The van der Waals surface area contributed by atoms with Crippen LogP contribution in [0.5, 0.6) is 0 Å². The van der Waals surface area contributed by atoms with Crippen LogP contribution >= 0.6 is 10.8 Å². The molecule has 0 aliphatic carbocycles. The van der Waals surface area contributed by atoms with Gasteiger partial charge in [-0.3, -0.25) is 14.1 Å². The number of carbonyl (C=O) groups is 2. The summed E-state index contributed by atoms with van der Waals surface area (Å²) < 4.78 is 29.3. The van der Waals surface area contributed by atoms with Crippen molar-refractivity contribution in [2.75, 3.05) is 25.4 Å². The standard InChI is InChI=1S/C11H22N2O7S2/c1-11(2,7-14)9(16)10(17)13-4-3-8(15)12-5-6-21-22(18,19)20/h9,14,16H,3-7H2,1-2H3,(H,12,15)(H,13,17)(H,18,19,20)/t9-/m0/s1. The highest BCUT2D eigenvalue weighted by molar-refractivity contribution is 8.69. The van der Waals surface area contributed by atoms with E-state index in [1.165, 1.54) is 13.8 Å². The Morgan fingerprint density at radius 1 is 1.23 bits per heavy atom. The van der Waals surface area contributed by atoms with Gasteiger partial charge in [-0.25, -0.2) is 0 Å². The van der Waals surface area contributed by atoms with E-state index in [2.05, 4.69) is 10.6 Å². The highest BCUT2D eigenvalue weighted by Gasteiger charge is 2.32. The molecule has 0 heterocycles. The van der Waals surface area contributed by atoms with Gasteiger partial charge in [0.2, 0.25) is 11.8 Å². The molecule has 22 heavy (non-hydrogen) atoms. The van der Waals surface area contributed by atoms with Gasteiger partial charge >= 0.3 is 9.15 Å². The number of aliphatic hydroxyl groups is 2. The van der Waals surface area contributed by atoms with Gasteiger partial charge in [0.05, 0.1) is 6.61 Å². The van der Waals surface area contributed by atoms with Crippen LogP contribution in [0.4, 0.5) is 0 Å². The molecule has 5 N–H and O–H groups in total. The fourth-order valence-corrected chi connectivity index (χ4v) is 2.54. The van der Waals surface area contributed by atoms with E-state index in [0.29, 0.717) is 10.8 Å². The Hall–Kier alpha value is -0.880. The summed E-state index contributed by atoms with van der Waals surface area (Å²) in [4.78, 5) is 23.0. The topological polar surface area (TPSA) is 153 Å². The smallest absolute Gasteiger partial charge is 0.319 e. The van der Waals surface area contributed by atoms with Gasteiger partial charge in [-0.1, -0.05) is 13.8 Å². The first kappa shape index (κ1) is 21.1. The number of hydrogen-bond donors (Lipinski definition) is 5. The number of rotatable bonds is 10. The third kappa shape index (κ3) is 9.20. The largest absolute Gasteiger partial charge is 0.396 e. The summed E-state index contributed by atoms with van der Waals surface area (Å²) in [6.45, 7) is 2.73. The maximum Gasteiger partial charge on any atom is 0.319 e. The van der Waals surface area contributed by atoms with Crippen LogP contribution in [0.25, 0.3) is 0 Å². The monoisotopic (exact) mass is 358 g/mol. The molecule has 130 valence electrons. The first-order valence-corrected chi connectivity index (χ1v) is 9.39. The molecule has 0 aromatic heterocycles. The van der Waals surface area contributed by atoms with Gasteiger partial charge < -0.3 is 20.8 Å². The Balaban J connectivity index is 3.91. The summed E-state index contributed by atoms with van der Waals surface area (Å²) in [6.07, 6.45) is -1.44. The van der Waals surface area contributed by atoms with Crippen LogP contribution in [-0.4, -0.2) is 66.6 Å². The molecule has 0 aromatic carbocycles. The van der Waals surface area contributed by atoms with Gasteiger partial charge in [-0.15, -0.1) is 0 Å². The van der Waals surface area contributed by atoms with Gasteiger partial charge in [0, 0.05) is 30.7 Å². The minimum atomic E-state index is -4.12. The lowest BCUT2D eigenvalue weighted by molar-refractivity contribution is -0.137. The number of hydrogen-bond acceptors (Lipinski definition) is 7. The van der Waals surface area contributed by atoms with Crippen molar-refractivity contribution in [1.82, 2.24) is 10.6 Å². The second-order valence-electron chi connectivity index (χ2n) is 5.19. The molecular weight excluding hydrogens is 336 g/mol. The van der Waals surface area contributed by atoms with Crippen LogP contribution in [0.15, 0.2) is 0 Å². The predicted molar refractivity (Wildman–Crippen MR) is 81.5 cm³/mol. The maximum atomic E-state index is 11.6. The third-order valence-electron chi connectivity index (χ3n) is 2.70. The minimum absolute atomic E-state index is 0.000333. The highest BCUT2D eigenvalue weighted by Crippen LogP contribution is 2.19. The lowest BCUT2D eigenvalue weighted by atomic mass is 9.87. The summed E-state index contributed by atoms with van der Waals surface area (Å²) in [5.74, 6) is -1.10. The molecule has 9 nitrogen and oxygen atoms in total. The molecule has 0 rings (SSSR count). The van der Waals surface area contributed by atoms with Crippen molar-refractivity contribution in [3.05, 3.63) is 0 Å². The van der Waals surface area contributed by atoms with Gasteiger partial charge in [-0.2, -0.15) is 8.42 Å². The molecule has 0 saturated heterocycles. The van der Waals surface area contributed by atoms with Crippen LogP contribution in [0.2, 0.25) is 0 Å². The van der Waals surface area contributed by atoms with E-state index >= 15 is 0 Å². The van der Waals surface area contributed by atoms with Crippen LogP contribution < -0.4 is 10.6 Å².